The minimum Gasteiger partial charge on any atom is -0.283 e. The van der Waals surface area contributed by atoms with Gasteiger partial charge < -0.3 is 0 Å². The first kappa shape index (κ1) is 18.9. The van der Waals surface area contributed by atoms with Crippen molar-refractivity contribution in [3.8, 4) is 0 Å². The highest BCUT2D eigenvalue weighted by Gasteiger charge is 2.22. The molecule has 0 aliphatic carbocycles. The SMILES string of the molecule is O=C(Cc1ccccc1Cl)N(Cc1cccnc1)c1nc2c(Cl)cccc2s1. The van der Waals surface area contributed by atoms with Crippen molar-refractivity contribution in [3.63, 3.8) is 0 Å². The van der Waals surface area contributed by atoms with Crippen LogP contribution in [0.1, 0.15) is 11.1 Å². The fraction of sp³-hybridized carbons (Fsp3) is 0.0952. The fourth-order valence-electron chi connectivity index (χ4n) is 2.86. The molecule has 0 atom stereocenters. The van der Waals surface area contributed by atoms with Gasteiger partial charge in [0.2, 0.25) is 5.91 Å². The van der Waals surface area contributed by atoms with Crippen molar-refractivity contribution >= 4 is 55.8 Å². The highest BCUT2D eigenvalue weighted by atomic mass is 35.5. The summed E-state index contributed by atoms with van der Waals surface area (Å²) in [6.45, 7) is 0.370. The van der Waals surface area contributed by atoms with Gasteiger partial charge in [-0.1, -0.05) is 64.9 Å². The Morgan fingerprint density at radius 2 is 1.82 bits per heavy atom. The molecule has 0 spiro atoms. The lowest BCUT2D eigenvalue weighted by Gasteiger charge is -2.20. The number of hydrogen-bond donors (Lipinski definition) is 0. The van der Waals surface area contributed by atoms with E-state index in [1.165, 1.54) is 11.3 Å². The highest BCUT2D eigenvalue weighted by Crippen LogP contribution is 2.34. The van der Waals surface area contributed by atoms with E-state index < -0.39 is 0 Å². The second-order valence-corrected chi connectivity index (χ2v) is 8.02. The van der Waals surface area contributed by atoms with Crippen LogP contribution in [0, 0.1) is 0 Å². The Hall–Kier alpha value is -2.47. The maximum absolute atomic E-state index is 13.2. The van der Waals surface area contributed by atoms with Crippen molar-refractivity contribution in [3.05, 3.63) is 88.2 Å². The molecule has 140 valence electrons. The molecule has 7 heteroatoms. The van der Waals surface area contributed by atoms with Gasteiger partial charge >= 0.3 is 0 Å². The average molecular weight is 428 g/mol. The Morgan fingerprint density at radius 3 is 2.57 bits per heavy atom. The van der Waals surface area contributed by atoms with Crippen LogP contribution in [0.15, 0.2) is 67.0 Å². The second kappa shape index (κ2) is 8.27. The van der Waals surface area contributed by atoms with Crippen LogP contribution in [0.25, 0.3) is 10.2 Å². The Balaban J connectivity index is 1.71. The summed E-state index contributed by atoms with van der Waals surface area (Å²) in [5, 5.41) is 1.74. The molecule has 2 aromatic heterocycles. The summed E-state index contributed by atoms with van der Waals surface area (Å²) < 4.78 is 0.934. The number of para-hydroxylation sites is 1. The summed E-state index contributed by atoms with van der Waals surface area (Å²) in [4.78, 5) is 23.7. The van der Waals surface area contributed by atoms with E-state index in [1.54, 1.807) is 29.4 Å². The minimum atomic E-state index is -0.0906. The van der Waals surface area contributed by atoms with Gasteiger partial charge in [-0.25, -0.2) is 4.98 Å². The van der Waals surface area contributed by atoms with Crippen LogP contribution >= 0.6 is 34.5 Å². The zero-order valence-electron chi connectivity index (χ0n) is 14.7. The van der Waals surface area contributed by atoms with Crippen LogP contribution in [0.4, 0.5) is 5.13 Å². The fourth-order valence-corrected chi connectivity index (χ4v) is 4.34. The first-order valence-electron chi connectivity index (χ1n) is 8.59. The number of amides is 1. The molecule has 4 rings (SSSR count). The number of carbonyl (C=O) groups is 1. The highest BCUT2D eigenvalue weighted by molar-refractivity contribution is 7.22. The second-order valence-electron chi connectivity index (χ2n) is 6.19. The van der Waals surface area contributed by atoms with Gasteiger partial charge in [-0.2, -0.15) is 0 Å². The van der Waals surface area contributed by atoms with Gasteiger partial charge in [-0.3, -0.25) is 14.7 Å². The van der Waals surface area contributed by atoms with Crippen molar-refractivity contribution in [1.29, 1.82) is 0 Å². The number of pyridine rings is 1. The Bertz CT molecular complexity index is 1130. The van der Waals surface area contributed by atoms with Crippen LogP contribution in [-0.2, 0) is 17.8 Å². The molecule has 0 bridgehead atoms. The van der Waals surface area contributed by atoms with Crippen LogP contribution in [0.2, 0.25) is 10.0 Å². The Morgan fingerprint density at radius 1 is 1.00 bits per heavy atom. The standard InChI is InChI=1S/C21H15Cl2N3OS/c22-16-7-2-1-6-15(16)11-19(27)26(13-14-5-4-10-24-12-14)21-25-20-17(23)8-3-9-18(20)28-21/h1-10,12H,11,13H2. The smallest absolute Gasteiger partial charge is 0.233 e. The number of fused-ring (bicyclic) bond motifs is 1. The molecular formula is C21H15Cl2N3OS. The molecule has 2 aromatic carbocycles. The number of thiazole rings is 1. The molecule has 0 aliphatic heterocycles. The third-order valence-corrected chi connectivity index (χ3v) is 5.97. The Kier molecular flexibility index (Phi) is 5.57. The lowest BCUT2D eigenvalue weighted by atomic mass is 10.1. The molecule has 1 amide bonds. The van der Waals surface area contributed by atoms with Crippen LogP contribution in [0.3, 0.4) is 0 Å². The summed E-state index contributed by atoms with van der Waals surface area (Å²) in [6.07, 6.45) is 3.64. The quantitative estimate of drug-likeness (QED) is 0.405. The van der Waals surface area contributed by atoms with Crippen LogP contribution in [-0.4, -0.2) is 15.9 Å². The van der Waals surface area contributed by atoms with E-state index in [1.807, 2.05) is 42.5 Å². The largest absolute Gasteiger partial charge is 0.283 e. The van der Waals surface area contributed by atoms with E-state index in [-0.39, 0.29) is 12.3 Å². The molecule has 0 unspecified atom stereocenters. The summed E-state index contributed by atoms with van der Waals surface area (Å²) in [6, 6.07) is 16.8. The predicted octanol–water partition coefficient (Wildman–Crippen LogP) is 5.77. The molecule has 4 nitrogen and oxygen atoms in total. The number of rotatable bonds is 5. The molecule has 0 saturated heterocycles. The molecule has 0 N–H and O–H groups in total. The molecule has 4 aromatic rings. The number of anilines is 1. The van der Waals surface area contributed by atoms with Crippen molar-refractivity contribution < 1.29 is 4.79 Å². The average Bonchev–Trinajstić information content (AvgIpc) is 3.14. The predicted molar refractivity (Wildman–Crippen MR) is 115 cm³/mol. The Labute approximate surface area is 176 Å². The lowest BCUT2D eigenvalue weighted by Crippen LogP contribution is -2.31. The maximum atomic E-state index is 13.2. The number of halogens is 2. The van der Waals surface area contributed by atoms with Gasteiger partial charge in [0.15, 0.2) is 5.13 Å². The summed E-state index contributed by atoms with van der Waals surface area (Å²) in [5.74, 6) is -0.0906. The summed E-state index contributed by atoms with van der Waals surface area (Å²) in [7, 11) is 0. The lowest BCUT2D eigenvalue weighted by molar-refractivity contribution is -0.118. The van der Waals surface area contributed by atoms with E-state index in [0.29, 0.717) is 27.2 Å². The van der Waals surface area contributed by atoms with Crippen molar-refractivity contribution in [2.45, 2.75) is 13.0 Å². The molecule has 2 heterocycles. The van der Waals surface area contributed by atoms with Gasteiger partial charge in [0.05, 0.1) is 22.7 Å². The van der Waals surface area contributed by atoms with Gasteiger partial charge in [-0.15, -0.1) is 0 Å². The molecule has 0 aliphatic rings. The molecular weight excluding hydrogens is 413 g/mol. The third kappa shape index (κ3) is 4.02. The number of aromatic nitrogens is 2. The zero-order chi connectivity index (χ0) is 19.5. The molecule has 0 fully saturated rings. The number of nitrogens with zero attached hydrogens (tertiary/aromatic N) is 3. The molecule has 0 radical (unpaired) electrons. The number of carbonyl (C=O) groups excluding carboxylic acids is 1. The third-order valence-electron chi connectivity index (χ3n) is 4.25. The van der Waals surface area contributed by atoms with Gasteiger partial charge in [0.1, 0.15) is 5.52 Å². The van der Waals surface area contributed by atoms with E-state index in [9.17, 15) is 4.79 Å². The number of hydrogen-bond acceptors (Lipinski definition) is 4. The van der Waals surface area contributed by atoms with Crippen molar-refractivity contribution in [2.24, 2.45) is 0 Å². The summed E-state index contributed by atoms with van der Waals surface area (Å²) >= 11 is 14.0. The minimum absolute atomic E-state index is 0.0906. The normalized spacial score (nSPS) is 10.9. The zero-order valence-corrected chi connectivity index (χ0v) is 17.0. The van der Waals surface area contributed by atoms with Gasteiger partial charge in [0.25, 0.3) is 0 Å². The molecule has 0 saturated carbocycles. The maximum Gasteiger partial charge on any atom is 0.233 e. The van der Waals surface area contributed by atoms with Crippen LogP contribution < -0.4 is 4.90 Å². The van der Waals surface area contributed by atoms with Crippen LogP contribution in [0.5, 0.6) is 0 Å². The van der Waals surface area contributed by atoms with E-state index in [0.717, 1.165) is 15.8 Å². The first-order chi connectivity index (χ1) is 13.6. The van der Waals surface area contributed by atoms with E-state index >= 15 is 0 Å². The topological polar surface area (TPSA) is 46.1 Å². The number of benzene rings is 2. The first-order valence-corrected chi connectivity index (χ1v) is 10.2. The van der Waals surface area contributed by atoms with Crippen molar-refractivity contribution in [2.75, 3.05) is 4.90 Å². The van der Waals surface area contributed by atoms with Gasteiger partial charge in [-0.05, 0) is 35.4 Å². The summed E-state index contributed by atoms with van der Waals surface area (Å²) in [5.41, 5.74) is 2.40. The molecule has 28 heavy (non-hydrogen) atoms. The van der Waals surface area contributed by atoms with Crippen molar-refractivity contribution in [1.82, 2.24) is 9.97 Å². The van der Waals surface area contributed by atoms with E-state index in [2.05, 4.69) is 9.97 Å². The monoisotopic (exact) mass is 427 g/mol. The van der Waals surface area contributed by atoms with Gasteiger partial charge in [0, 0.05) is 17.4 Å². The van der Waals surface area contributed by atoms with E-state index in [4.69, 9.17) is 23.2 Å².